The Morgan fingerprint density at radius 2 is 2.06 bits per heavy atom. The van der Waals surface area contributed by atoms with E-state index in [2.05, 4.69) is 43.4 Å². The summed E-state index contributed by atoms with van der Waals surface area (Å²) in [4.78, 5) is 0. The summed E-state index contributed by atoms with van der Waals surface area (Å²) >= 11 is 0. The number of hydrogen-bond acceptors (Lipinski definition) is 1. The van der Waals surface area contributed by atoms with Gasteiger partial charge in [0, 0.05) is 0 Å². The van der Waals surface area contributed by atoms with Crippen molar-refractivity contribution < 1.29 is 0 Å². The van der Waals surface area contributed by atoms with E-state index >= 15 is 0 Å². The van der Waals surface area contributed by atoms with E-state index in [0.29, 0.717) is 0 Å². The van der Waals surface area contributed by atoms with Gasteiger partial charge in [0.25, 0.3) is 0 Å². The number of hydrogen-bond donors (Lipinski definition) is 1. The summed E-state index contributed by atoms with van der Waals surface area (Å²) in [6, 6.07) is 8.90. The second-order valence-electron chi connectivity index (χ2n) is 4.96. The van der Waals surface area contributed by atoms with Crippen LogP contribution in [0.3, 0.4) is 0 Å². The average Bonchev–Trinajstić information content (AvgIpc) is 2.75. The fourth-order valence-electron chi connectivity index (χ4n) is 3.02. The van der Waals surface area contributed by atoms with Gasteiger partial charge >= 0.3 is 0 Å². The lowest BCUT2D eigenvalue weighted by Gasteiger charge is -2.21. The molecule has 2 rings (SSSR count). The van der Waals surface area contributed by atoms with Crippen molar-refractivity contribution in [1.29, 1.82) is 0 Å². The maximum Gasteiger partial charge on any atom is -0.00148 e. The molecule has 16 heavy (non-hydrogen) atoms. The zero-order chi connectivity index (χ0) is 11.4. The first-order chi connectivity index (χ1) is 7.83. The smallest absolute Gasteiger partial charge is 0.00148 e. The molecule has 0 saturated heterocycles. The van der Waals surface area contributed by atoms with Crippen LogP contribution in [0.1, 0.15) is 43.2 Å². The van der Waals surface area contributed by atoms with Crippen LogP contribution in [-0.2, 0) is 0 Å². The zero-order valence-corrected chi connectivity index (χ0v) is 10.5. The van der Waals surface area contributed by atoms with Gasteiger partial charge in [-0.05, 0) is 55.8 Å². The lowest BCUT2D eigenvalue weighted by molar-refractivity contribution is 0.449. The maximum absolute atomic E-state index is 3.51. The van der Waals surface area contributed by atoms with Crippen molar-refractivity contribution in [3.63, 3.8) is 0 Å². The summed E-state index contributed by atoms with van der Waals surface area (Å²) in [7, 11) is 0. The minimum absolute atomic E-state index is 0.792. The lowest BCUT2D eigenvalue weighted by atomic mass is 9.86. The van der Waals surface area contributed by atoms with E-state index in [1.54, 1.807) is 5.56 Å². The molecule has 1 saturated carbocycles. The molecule has 1 N–H and O–H groups in total. The highest BCUT2D eigenvalue weighted by molar-refractivity contribution is 5.30. The molecule has 1 heteroatoms. The summed E-state index contributed by atoms with van der Waals surface area (Å²) in [6.45, 7) is 6.72. The maximum atomic E-state index is 3.51. The van der Waals surface area contributed by atoms with Gasteiger partial charge in [0.2, 0.25) is 0 Å². The molecule has 0 amide bonds. The van der Waals surface area contributed by atoms with Crippen LogP contribution in [-0.4, -0.2) is 13.1 Å². The summed E-state index contributed by atoms with van der Waals surface area (Å²) in [5, 5.41) is 3.51. The second kappa shape index (κ2) is 5.49. The lowest BCUT2D eigenvalue weighted by Crippen LogP contribution is -2.24. The Balaban J connectivity index is 2.10. The Kier molecular flexibility index (Phi) is 4.00. The molecule has 2 unspecified atom stereocenters. The number of nitrogens with one attached hydrogen (secondary N) is 1. The fourth-order valence-corrected chi connectivity index (χ4v) is 3.02. The molecule has 0 heterocycles. The van der Waals surface area contributed by atoms with Crippen LogP contribution in [0.25, 0.3) is 0 Å². The number of rotatable bonds is 4. The third kappa shape index (κ3) is 2.46. The molecular formula is C15H23N. The topological polar surface area (TPSA) is 12.0 Å². The Morgan fingerprint density at radius 1 is 1.25 bits per heavy atom. The van der Waals surface area contributed by atoms with E-state index in [4.69, 9.17) is 0 Å². The highest BCUT2D eigenvalue weighted by atomic mass is 14.8. The van der Waals surface area contributed by atoms with Gasteiger partial charge in [-0.2, -0.15) is 0 Å². The monoisotopic (exact) mass is 217 g/mol. The Hall–Kier alpha value is -0.820. The van der Waals surface area contributed by atoms with Crippen molar-refractivity contribution in [2.75, 3.05) is 13.1 Å². The van der Waals surface area contributed by atoms with Crippen LogP contribution in [0.4, 0.5) is 0 Å². The summed E-state index contributed by atoms with van der Waals surface area (Å²) in [5.74, 6) is 1.64. The summed E-state index contributed by atoms with van der Waals surface area (Å²) in [5.41, 5.74) is 3.05. The van der Waals surface area contributed by atoms with Gasteiger partial charge in [-0.25, -0.2) is 0 Å². The fraction of sp³-hybridized carbons (Fsp3) is 0.600. The van der Waals surface area contributed by atoms with Gasteiger partial charge in [-0.15, -0.1) is 0 Å². The third-order valence-electron chi connectivity index (χ3n) is 3.90. The van der Waals surface area contributed by atoms with E-state index in [1.807, 2.05) is 0 Å². The van der Waals surface area contributed by atoms with Gasteiger partial charge in [-0.3, -0.25) is 0 Å². The van der Waals surface area contributed by atoms with E-state index in [0.717, 1.165) is 18.4 Å². The normalized spacial score (nSPS) is 24.9. The second-order valence-corrected chi connectivity index (χ2v) is 4.96. The summed E-state index contributed by atoms with van der Waals surface area (Å²) < 4.78 is 0. The molecule has 0 spiro atoms. The molecule has 2 atom stereocenters. The van der Waals surface area contributed by atoms with E-state index in [9.17, 15) is 0 Å². The molecular weight excluding hydrogens is 194 g/mol. The number of benzene rings is 1. The predicted molar refractivity (Wildman–Crippen MR) is 69.8 cm³/mol. The van der Waals surface area contributed by atoms with Gasteiger partial charge in [0.1, 0.15) is 0 Å². The van der Waals surface area contributed by atoms with E-state index < -0.39 is 0 Å². The van der Waals surface area contributed by atoms with Gasteiger partial charge < -0.3 is 5.32 Å². The predicted octanol–water partition coefficient (Wildman–Crippen LogP) is 3.49. The van der Waals surface area contributed by atoms with Crippen LogP contribution >= 0.6 is 0 Å². The van der Waals surface area contributed by atoms with Crippen LogP contribution in [0, 0.1) is 12.8 Å². The molecule has 1 fully saturated rings. The first-order valence-corrected chi connectivity index (χ1v) is 6.59. The van der Waals surface area contributed by atoms with Crippen LogP contribution < -0.4 is 5.32 Å². The molecule has 1 aromatic carbocycles. The Bertz CT molecular complexity index is 332. The van der Waals surface area contributed by atoms with Crippen LogP contribution in [0.2, 0.25) is 0 Å². The molecule has 1 aromatic rings. The molecule has 1 aliphatic rings. The molecule has 0 radical (unpaired) electrons. The first kappa shape index (κ1) is 11.7. The molecule has 0 aromatic heterocycles. The van der Waals surface area contributed by atoms with Crippen molar-refractivity contribution in [1.82, 2.24) is 5.32 Å². The highest BCUT2D eigenvalue weighted by Crippen LogP contribution is 2.40. The number of aryl methyl sites for hydroxylation is 1. The van der Waals surface area contributed by atoms with Crippen molar-refractivity contribution in [2.45, 2.75) is 39.0 Å². The quantitative estimate of drug-likeness (QED) is 0.814. The molecule has 0 bridgehead atoms. The van der Waals surface area contributed by atoms with E-state index in [-0.39, 0.29) is 0 Å². The molecule has 1 aliphatic carbocycles. The highest BCUT2D eigenvalue weighted by Gasteiger charge is 2.28. The first-order valence-electron chi connectivity index (χ1n) is 6.59. The van der Waals surface area contributed by atoms with Gasteiger partial charge in [0.15, 0.2) is 0 Å². The zero-order valence-electron chi connectivity index (χ0n) is 10.5. The third-order valence-corrected chi connectivity index (χ3v) is 3.90. The van der Waals surface area contributed by atoms with Gasteiger partial charge in [0.05, 0.1) is 0 Å². The Labute approximate surface area is 99.3 Å². The standard InChI is InChI=1S/C15H23N/c1-3-16-11-13-8-6-10-15(13)14-9-5-4-7-12(14)2/h4-5,7,9,13,15-16H,3,6,8,10-11H2,1-2H3. The van der Waals surface area contributed by atoms with E-state index in [1.165, 1.54) is 31.4 Å². The summed E-state index contributed by atoms with van der Waals surface area (Å²) in [6.07, 6.45) is 4.17. The van der Waals surface area contributed by atoms with Crippen molar-refractivity contribution in [3.05, 3.63) is 35.4 Å². The Morgan fingerprint density at radius 3 is 2.81 bits per heavy atom. The average molecular weight is 217 g/mol. The van der Waals surface area contributed by atoms with Crippen LogP contribution in [0.5, 0.6) is 0 Å². The molecule has 1 nitrogen and oxygen atoms in total. The minimum Gasteiger partial charge on any atom is -0.317 e. The SMILES string of the molecule is CCNCC1CCCC1c1ccccc1C. The van der Waals surface area contributed by atoms with Crippen LogP contribution in [0.15, 0.2) is 24.3 Å². The van der Waals surface area contributed by atoms with Crippen molar-refractivity contribution in [3.8, 4) is 0 Å². The van der Waals surface area contributed by atoms with Crippen molar-refractivity contribution >= 4 is 0 Å². The van der Waals surface area contributed by atoms with Crippen molar-refractivity contribution in [2.24, 2.45) is 5.92 Å². The molecule has 88 valence electrons. The largest absolute Gasteiger partial charge is 0.317 e. The molecule has 0 aliphatic heterocycles. The van der Waals surface area contributed by atoms with Gasteiger partial charge in [-0.1, -0.05) is 37.6 Å². The minimum atomic E-state index is 0.792.